The van der Waals surface area contributed by atoms with E-state index in [1.807, 2.05) is 26.8 Å². The van der Waals surface area contributed by atoms with Gasteiger partial charge in [0, 0.05) is 39.1 Å². The Kier molecular flexibility index (Phi) is 7.61. The van der Waals surface area contributed by atoms with Crippen molar-refractivity contribution >= 4 is 49.6 Å². The van der Waals surface area contributed by atoms with E-state index >= 15 is 0 Å². The highest BCUT2D eigenvalue weighted by molar-refractivity contribution is 8.00. The van der Waals surface area contributed by atoms with Crippen LogP contribution in [0.15, 0.2) is 36.7 Å². The van der Waals surface area contributed by atoms with Gasteiger partial charge in [-0.3, -0.25) is 4.79 Å². The number of ether oxygens (including phenoxy) is 1. The minimum atomic E-state index is -2.45. The molecule has 1 amide bonds. The van der Waals surface area contributed by atoms with Crippen LogP contribution in [-0.4, -0.2) is 44.4 Å². The summed E-state index contributed by atoms with van der Waals surface area (Å²) in [6.45, 7) is 7.36. The third-order valence-electron chi connectivity index (χ3n) is 5.14. The van der Waals surface area contributed by atoms with Gasteiger partial charge in [-0.05, 0) is 62.9 Å². The standard InChI is InChI=1S/C24H30FN5O3S/c1-7-15(3)28-24(31)16(4)33-21-11-17(25)8-9-19(21)29-23-22-14(2)10-18(30-34(5,6)32)12-20(22)26-13-27-23/h8-13,15-16H,5,7H2,1-4,6H3,(H,28,31)(H,30,32)(H,26,27,29)/t15?,16-,34?/m1/s1. The number of benzene rings is 2. The quantitative estimate of drug-likeness (QED) is 0.391. The average Bonchev–Trinajstić information content (AvgIpc) is 2.74. The van der Waals surface area contributed by atoms with E-state index < -0.39 is 21.6 Å². The van der Waals surface area contributed by atoms with Gasteiger partial charge in [-0.15, -0.1) is 0 Å². The maximum atomic E-state index is 14.0. The van der Waals surface area contributed by atoms with Crippen LogP contribution in [0.3, 0.4) is 0 Å². The summed E-state index contributed by atoms with van der Waals surface area (Å²) in [5.41, 5.74) is 2.52. The van der Waals surface area contributed by atoms with E-state index in [1.54, 1.807) is 13.0 Å². The van der Waals surface area contributed by atoms with Crippen LogP contribution in [0.2, 0.25) is 0 Å². The summed E-state index contributed by atoms with van der Waals surface area (Å²) < 4.78 is 34.8. The minimum Gasteiger partial charge on any atom is -0.479 e. The molecule has 0 aliphatic heterocycles. The second-order valence-corrected chi connectivity index (χ2v) is 10.6. The van der Waals surface area contributed by atoms with Crippen molar-refractivity contribution in [2.75, 3.05) is 16.3 Å². The van der Waals surface area contributed by atoms with Crippen molar-refractivity contribution in [2.45, 2.75) is 46.3 Å². The van der Waals surface area contributed by atoms with Gasteiger partial charge in [0.25, 0.3) is 5.91 Å². The van der Waals surface area contributed by atoms with Gasteiger partial charge in [0.1, 0.15) is 23.7 Å². The van der Waals surface area contributed by atoms with Gasteiger partial charge in [-0.2, -0.15) is 0 Å². The Morgan fingerprint density at radius 2 is 1.97 bits per heavy atom. The van der Waals surface area contributed by atoms with Gasteiger partial charge < -0.3 is 20.1 Å². The molecule has 0 fully saturated rings. The molecule has 3 atom stereocenters. The third kappa shape index (κ3) is 6.34. The van der Waals surface area contributed by atoms with Gasteiger partial charge in [0.05, 0.1) is 11.2 Å². The lowest BCUT2D eigenvalue weighted by atomic mass is 10.1. The Balaban J connectivity index is 1.94. The van der Waals surface area contributed by atoms with Crippen LogP contribution >= 0.6 is 0 Å². The number of fused-ring (bicyclic) bond motifs is 1. The predicted octanol–water partition coefficient (Wildman–Crippen LogP) is 4.18. The number of aromatic nitrogens is 2. The fourth-order valence-corrected chi connectivity index (χ4v) is 3.94. The lowest BCUT2D eigenvalue weighted by Crippen LogP contribution is -2.41. The second-order valence-electron chi connectivity index (χ2n) is 8.36. The number of hydrogen-bond acceptors (Lipinski definition) is 6. The molecule has 0 radical (unpaired) electrons. The molecule has 3 aromatic rings. The molecular formula is C24H30FN5O3S. The Labute approximate surface area is 199 Å². The van der Waals surface area contributed by atoms with E-state index in [-0.39, 0.29) is 17.7 Å². The third-order valence-corrected chi connectivity index (χ3v) is 5.81. The number of nitrogens with one attached hydrogen (secondary N) is 3. The van der Waals surface area contributed by atoms with Crippen LogP contribution in [0.5, 0.6) is 5.75 Å². The monoisotopic (exact) mass is 487 g/mol. The molecule has 3 N–H and O–H groups in total. The molecule has 0 aliphatic rings. The largest absolute Gasteiger partial charge is 0.479 e. The fourth-order valence-electron chi connectivity index (χ4n) is 3.33. The number of anilines is 3. The summed E-state index contributed by atoms with van der Waals surface area (Å²) in [6.07, 6.45) is 2.86. The van der Waals surface area contributed by atoms with Gasteiger partial charge in [-0.25, -0.2) is 18.6 Å². The first kappa shape index (κ1) is 25.2. The molecule has 10 heteroatoms. The molecule has 2 unspecified atom stereocenters. The molecule has 0 saturated carbocycles. The lowest BCUT2D eigenvalue weighted by Gasteiger charge is -2.20. The average molecular weight is 488 g/mol. The molecule has 182 valence electrons. The maximum absolute atomic E-state index is 14.0. The zero-order valence-electron chi connectivity index (χ0n) is 19.9. The topological polar surface area (TPSA) is 105 Å². The van der Waals surface area contributed by atoms with Gasteiger partial charge in [0.2, 0.25) is 0 Å². The molecule has 8 nitrogen and oxygen atoms in total. The highest BCUT2D eigenvalue weighted by atomic mass is 32.2. The molecule has 0 bridgehead atoms. The first-order valence-electron chi connectivity index (χ1n) is 10.9. The van der Waals surface area contributed by atoms with Crippen LogP contribution in [0.25, 0.3) is 10.9 Å². The molecule has 0 spiro atoms. The number of carbonyl (C=O) groups excluding carboxylic acids is 1. The Hall–Kier alpha value is -3.40. The van der Waals surface area contributed by atoms with E-state index in [4.69, 9.17) is 4.74 Å². The van der Waals surface area contributed by atoms with Crippen molar-refractivity contribution in [3.8, 4) is 5.75 Å². The van der Waals surface area contributed by atoms with Crippen LogP contribution in [0.1, 0.15) is 32.8 Å². The van der Waals surface area contributed by atoms with Crippen LogP contribution in [0.4, 0.5) is 21.6 Å². The normalized spacial score (nSPS) is 14.6. The summed E-state index contributed by atoms with van der Waals surface area (Å²) in [5, 5.41) is 6.77. The van der Waals surface area contributed by atoms with Crippen LogP contribution in [0, 0.1) is 12.7 Å². The van der Waals surface area contributed by atoms with E-state index in [1.165, 1.54) is 30.8 Å². The number of amides is 1. The van der Waals surface area contributed by atoms with Crippen LogP contribution < -0.4 is 20.1 Å². The number of halogens is 1. The fraction of sp³-hybridized carbons (Fsp3) is 0.333. The highest BCUT2D eigenvalue weighted by Crippen LogP contribution is 2.33. The summed E-state index contributed by atoms with van der Waals surface area (Å²) in [6, 6.07) is 7.63. The maximum Gasteiger partial charge on any atom is 0.260 e. The highest BCUT2D eigenvalue weighted by Gasteiger charge is 2.19. The van der Waals surface area contributed by atoms with Gasteiger partial charge in [0.15, 0.2) is 6.10 Å². The number of rotatable bonds is 9. The van der Waals surface area contributed by atoms with E-state index in [2.05, 4.69) is 31.2 Å². The molecule has 0 aliphatic carbocycles. The number of carbonyl (C=O) groups is 1. The first-order valence-corrected chi connectivity index (χ1v) is 13.0. The SMILES string of the molecule is C=S(C)(=O)Nc1cc(C)c2c(Nc3ccc(F)cc3O[C@H](C)C(=O)NC(C)CC)ncnc2c1. The second kappa shape index (κ2) is 10.3. The Morgan fingerprint density at radius 1 is 1.24 bits per heavy atom. The summed E-state index contributed by atoms with van der Waals surface area (Å²) >= 11 is 0. The predicted molar refractivity (Wildman–Crippen MR) is 137 cm³/mol. The summed E-state index contributed by atoms with van der Waals surface area (Å²) in [4.78, 5) is 21.1. The van der Waals surface area contributed by atoms with Crippen molar-refractivity contribution in [3.05, 3.63) is 48.0 Å². The van der Waals surface area contributed by atoms with Crippen molar-refractivity contribution in [1.82, 2.24) is 15.3 Å². The molecule has 1 heterocycles. The molecule has 34 heavy (non-hydrogen) atoms. The molecular weight excluding hydrogens is 457 g/mol. The zero-order chi connectivity index (χ0) is 25.0. The molecule has 1 aromatic heterocycles. The Morgan fingerprint density at radius 3 is 2.65 bits per heavy atom. The van der Waals surface area contributed by atoms with Gasteiger partial charge in [-0.1, -0.05) is 6.92 Å². The van der Waals surface area contributed by atoms with E-state index in [0.717, 1.165) is 17.4 Å². The molecule has 2 aromatic carbocycles. The summed E-state index contributed by atoms with van der Waals surface area (Å²) in [7, 11) is -2.45. The Bertz CT molecular complexity index is 1310. The van der Waals surface area contributed by atoms with Gasteiger partial charge >= 0.3 is 0 Å². The molecule has 3 rings (SSSR count). The number of aryl methyl sites for hydroxylation is 1. The zero-order valence-corrected chi connectivity index (χ0v) is 20.8. The lowest BCUT2D eigenvalue weighted by molar-refractivity contribution is -0.127. The van der Waals surface area contributed by atoms with Crippen molar-refractivity contribution in [1.29, 1.82) is 0 Å². The van der Waals surface area contributed by atoms with Crippen molar-refractivity contribution in [2.24, 2.45) is 0 Å². The number of nitrogens with zero attached hydrogens (tertiary/aromatic N) is 2. The molecule has 0 saturated heterocycles. The smallest absolute Gasteiger partial charge is 0.260 e. The minimum absolute atomic E-state index is 0.00275. The van der Waals surface area contributed by atoms with Crippen molar-refractivity contribution in [3.63, 3.8) is 0 Å². The summed E-state index contributed by atoms with van der Waals surface area (Å²) in [5.74, 6) is 3.50. The van der Waals surface area contributed by atoms with E-state index in [0.29, 0.717) is 22.7 Å². The van der Waals surface area contributed by atoms with Crippen LogP contribution in [-0.2, 0) is 14.5 Å². The van der Waals surface area contributed by atoms with Crippen molar-refractivity contribution < 1.29 is 18.1 Å². The van der Waals surface area contributed by atoms with E-state index in [9.17, 15) is 13.4 Å². The number of hydrogen-bond donors (Lipinski definition) is 3. The first-order chi connectivity index (χ1) is 16.0.